The second-order valence-electron chi connectivity index (χ2n) is 12.1. The summed E-state index contributed by atoms with van der Waals surface area (Å²) >= 11 is 0. The van der Waals surface area contributed by atoms with E-state index in [-0.39, 0.29) is 35.6 Å². The summed E-state index contributed by atoms with van der Waals surface area (Å²) in [5, 5.41) is 8.30. The van der Waals surface area contributed by atoms with Gasteiger partial charge in [-0.1, -0.05) is 59.0 Å². The molecular weight excluding hydrogens is 484 g/mol. The average Bonchev–Trinajstić information content (AvgIpc) is 3.57. The summed E-state index contributed by atoms with van der Waals surface area (Å²) in [5.41, 5.74) is -0.383. The number of hydrogen-bond acceptors (Lipinski definition) is 5. The number of rotatable bonds is 12. The molecule has 0 bridgehead atoms. The van der Waals surface area contributed by atoms with Crippen molar-refractivity contribution in [3.63, 3.8) is 0 Å². The highest BCUT2D eigenvalue weighted by Crippen LogP contribution is 2.41. The maximum atomic E-state index is 14.1. The minimum atomic E-state index is -0.938. The van der Waals surface area contributed by atoms with Gasteiger partial charge in [0.1, 0.15) is 12.1 Å². The van der Waals surface area contributed by atoms with Crippen LogP contribution in [0.5, 0.6) is 0 Å². The van der Waals surface area contributed by atoms with Gasteiger partial charge in [0.05, 0.1) is 6.04 Å². The first-order valence-electron chi connectivity index (χ1n) is 14.3. The molecule has 0 aromatic carbocycles. The normalized spacial score (nSPS) is 24.3. The molecule has 2 aliphatic carbocycles. The van der Waals surface area contributed by atoms with Crippen LogP contribution in [0.1, 0.15) is 85.5 Å². The van der Waals surface area contributed by atoms with Gasteiger partial charge in [-0.25, -0.2) is 0 Å². The third-order valence-electron chi connectivity index (χ3n) is 8.67. The van der Waals surface area contributed by atoms with Gasteiger partial charge in [-0.3, -0.25) is 24.0 Å². The SMILES string of the molecule is C=CCNC(=O)C(=O)C(CC1CC1)NC(=O)[C@@H]1[C@@H](C(C)C)CCN1C(=O)[C@@H](NC(C)=O)C1(C)CCCCC1. The van der Waals surface area contributed by atoms with E-state index in [0.717, 1.165) is 44.9 Å². The lowest BCUT2D eigenvalue weighted by molar-refractivity contribution is -0.147. The van der Waals surface area contributed by atoms with Crippen molar-refractivity contribution in [2.24, 2.45) is 23.2 Å². The highest BCUT2D eigenvalue weighted by molar-refractivity contribution is 6.38. The number of likely N-dealkylation sites (tertiary alicyclic amines) is 1. The van der Waals surface area contributed by atoms with Crippen LogP contribution in [0.2, 0.25) is 0 Å². The fourth-order valence-corrected chi connectivity index (χ4v) is 6.23. The maximum Gasteiger partial charge on any atom is 0.289 e. The Kier molecular flexibility index (Phi) is 10.1. The summed E-state index contributed by atoms with van der Waals surface area (Å²) in [6.07, 6.45) is 9.26. The highest BCUT2D eigenvalue weighted by atomic mass is 16.2. The first kappa shape index (κ1) is 29.8. The van der Waals surface area contributed by atoms with Gasteiger partial charge in [-0.05, 0) is 48.9 Å². The van der Waals surface area contributed by atoms with Crippen LogP contribution in [0.4, 0.5) is 0 Å². The standard InChI is InChI=1S/C29H46N4O5/c1-6-15-30-27(37)24(35)22(17-20-10-11-20)32-26(36)23-21(18(2)3)12-16-33(23)28(38)25(31-19(4)34)29(5)13-8-7-9-14-29/h6,18,20-23,25H,1,7-17H2,2-5H3,(H,30,37)(H,31,34)(H,32,36)/t21-,22?,23+,25-/m1/s1. The molecule has 3 fully saturated rings. The summed E-state index contributed by atoms with van der Waals surface area (Å²) in [6.45, 7) is 11.7. The fraction of sp³-hybridized carbons (Fsp3) is 0.759. The monoisotopic (exact) mass is 530 g/mol. The molecule has 1 aliphatic heterocycles. The third kappa shape index (κ3) is 7.23. The van der Waals surface area contributed by atoms with E-state index in [0.29, 0.717) is 25.3 Å². The highest BCUT2D eigenvalue weighted by Gasteiger charge is 2.49. The van der Waals surface area contributed by atoms with Crippen LogP contribution in [0.15, 0.2) is 12.7 Å². The molecule has 212 valence electrons. The lowest BCUT2D eigenvalue weighted by atomic mass is 9.70. The van der Waals surface area contributed by atoms with Gasteiger partial charge < -0.3 is 20.9 Å². The van der Waals surface area contributed by atoms with Gasteiger partial charge in [0, 0.05) is 20.0 Å². The van der Waals surface area contributed by atoms with Crippen LogP contribution in [0.3, 0.4) is 0 Å². The molecule has 4 amide bonds. The predicted molar refractivity (Wildman–Crippen MR) is 145 cm³/mol. The molecule has 1 saturated heterocycles. The first-order chi connectivity index (χ1) is 18.0. The Morgan fingerprint density at radius 3 is 2.24 bits per heavy atom. The number of hydrogen-bond donors (Lipinski definition) is 3. The summed E-state index contributed by atoms with van der Waals surface area (Å²) in [4.78, 5) is 67.1. The van der Waals surface area contributed by atoms with Gasteiger partial charge in [0.15, 0.2) is 0 Å². The zero-order valence-corrected chi connectivity index (χ0v) is 23.5. The molecule has 38 heavy (non-hydrogen) atoms. The molecule has 0 aromatic rings. The van der Waals surface area contributed by atoms with Gasteiger partial charge in [-0.15, -0.1) is 6.58 Å². The Balaban J connectivity index is 1.85. The molecule has 9 nitrogen and oxygen atoms in total. The number of carbonyl (C=O) groups excluding carboxylic acids is 5. The average molecular weight is 531 g/mol. The number of ketones is 1. The van der Waals surface area contributed by atoms with Crippen LogP contribution in [-0.2, 0) is 24.0 Å². The third-order valence-corrected chi connectivity index (χ3v) is 8.67. The largest absolute Gasteiger partial charge is 0.346 e. The van der Waals surface area contributed by atoms with Gasteiger partial charge in [0.2, 0.25) is 23.5 Å². The van der Waals surface area contributed by atoms with Crippen molar-refractivity contribution >= 4 is 29.4 Å². The zero-order chi connectivity index (χ0) is 28.0. The Morgan fingerprint density at radius 1 is 1.03 bits per heavy atom. The maximum absolute atomic E-state index is 14.1. The molecule has 1 heterocycles. The van der Waals surface area contributed by atoms with Gasteiger partial charge in [-0.2, -0.15) is 0 Å². The minimum Gasteiger partial charge on any atom is -0.346 e. The smallest absolute Gasteiger partial charge is 0.289 e. The van der Waals surface area contributed by atoms with E-state index in [1.807, 2.05) is 13.8 Å². The molecule has 9 heteroatoms. The first-order valence-corrected chi connectivity index (χ1v) is 14.3. The Labute approximate surface area is 226 Å². The Bertz CT molecular complexity index is 922. The van der Waals surface area contributed by atoms with Crippen LogP contribution >= 0.6 is 0 Å². The molecule has 3 aliphatic rings. The summed E-state index contributed by atoms with van der Waals surface area (Å²) in [5.74, 6) is -1.99. The van der Waals surface area contributed by atoms with Crippen molar-refractivity contribution < 1.29 is 24.0 Å². The van der Waals surface area contributed by atoms with Crippen LogP contribution in [-0.4, -0.2) is 65.5 Å². The molecule has 1 unspecified atom stereocenters. The summed E-state index contributed by atoms with van der Waals surface area (Å²) in [7, 11) is 0. The van der Waals surface area contributed by atoms with Crippen molar-refractivity contribution in [3.05, 3.63) is 12.7 Å². The minimum absolute atomic E-state index is 0.0950. The molecule has 0 radical (unpaired) electrons. The number of amides is 4. The second-order valence-corrected chi connectivity index (χ2v) is 12.1. The van der Waals surface area contributed by atoms with E-state index in [1.165, 1.54) is 13.0 Å². The zero-order valence-electron chi connectivity index (χ0n) is 23.5. The number of nitrogens with zero attached hydrogens (tertiary/aromatic N) is 1. The molecule has 3 rings (SSSR count). The van der Waals surface area contributed by atoms with E-state index in [1.54, 1.807) is 4.90 Å². The number of nitrogens with one attached hydrogen (secondary N) is 3. The lowest BCUT2D eigenvalue weighted by Gasteiger charge is -2.42. The van der Waals surface area contributed by atoms with Gasteiger partial charge >= 0.3 is 0 Å². The lowest BCUT2D eigenvalue weighted by Crippen LogP contribution is -2.61. The Hall–Kier alpha value is -2.71. The van der Waals surface area contributed by atoms with E-state index in [2.05, 4.69) is 29.5 Å². The quantitative estimate of drug-likeness (QED) is 0.264. The molecular formula is C29H46N4O5. The summed E-state index contributed by atoms with van der Waals surface area (Å²) in [6, 6.07) is -2.42. The van der Waals surface area contributed by atoms with Gasteiger partial charge in [0.25, 0.3) is 5.91 Å². The van der Waals surface area contributed by atoms with Crippen molar-refractivity contribution in [2.45, 2.75) is 104 Å². The van der Waals surface area contributed by atoms with E-state index < -0.39 is 35.7 Å². The van der Waals surface area contributed by atoms with E-state index in [4.69, 9.17) is 0 Å². The van der Waals surface area contributed by atoms with Crippen LogP contribution < -0.4 is 16.0 Å². The molecule has 0 spiro atoms. The predicted octanol–water partition coefficient (Wildman–Crippen LogP) is 2.49. The van der Waals surface area contributed by atoms with Crippen molar-refractivity contribution in [1.82, 2.24) is 20.9 Å². The van der Waals surface area contributed by atoms with E-state index >= 15 is 0 Å². The summed E-state index contributed by atoms with van der Waals surface area (Å²) < 4.78 is 0. The van der Waals surface area contributed by atoms with Crippen molar-refractivity contribution in [1.29, 1.82) is 0 Å². The molecule has 3 N–H and O–H groups in total. The molecule has 4 atom stereocenters. The number of Topliss-reactive ketones (excluding diaryl/α,β-unsaturated/α-hetero) is 1. The molecule has 2 saturated carbocycles. The number of carbonyl (C=O) groups is 5. The Morgan fingerprint density at radius 2 is 1.68 bits per heavy atom. The molecule has 0 aromatic heterocycles. The van der Waals surface area contributed by atoms with Crippen molar-refractivity contribution in [3.8, 4) is 0 Å². The van der Waals surface area contributed by atoms with Crippen LogP contribution in [0.25, 0.3) is 0 Å². The van der Waals surface area contributed by atoms with Crippen molar-refractivity contribution in [2.75, 3.05) is 13.1 Å². The van der Waals surface area contributed by atoms with Crippen LogP contribution in [0, 0.1) is 23.2 Å². The van der Waals surface area contributed by atoms with E-state index in [9.17, 15) is 24.0 Å². The topological polar surface area (TPSA) is 125 Å². The fourth-order valence-electron chi connectivity index (χ4n) is 6.23. The second kappa shape index (κ2) is 12.9.